The van der Waals surface area contributed by atoms with Gasteiger partial charge in [-0.15, -0.1) is 11.3 Å². The normalized spacial score (nSPS) is 10.7. The number of thiophene rings is 1. The van der Waals surface area contributed by atoms with Crippen molar-refractivity contribution < 1.29 is 4.74 Å². The molecule has 4 nitrogen and oxygen atoms in total. The fraction of sp³-hybridized carbons (Fsp3) is 0. The van der Waals surface area contributed by atoms with Gasteiger partial charge in [0.2, 0.25) is 11.8 Å². The first kappa shape index (κ1) is 11.4. The number of rotatable bonds is 2. The van der Waals surface area contributed by atoms with Crippen molar-refractivity contribution in [2.45, 2.75) is 0 Å². The summed E-state index contributed by atoms with van der Waals surface area (Å²) in [4.78, 5) is 9.12. The molecule has 0 saturated carbocycles. The van der Waals surface area contributed by atoms with Crippen LogP contribution >= 0.6 is 27.3 Å². The number of nitrogens with two attached hydrogens (primary N) is 1. The van der Waals surface area contributed by atoms with E-state index < -0.39 is 0 Å². The van der Waals surface area contributed by atoms with Gasteiger partial charge in [-0.2, -0.15) is 4.98 Å². The summed E-state index contributed by atoms with van der Waals surface area (Å²) < 4.78 is 6.66. The standard InChI is InChI=1S/C12H8BrN3OS/c13-8-3-1-2-4-9(8)17-10-7-5-6-18-11(7)16-12(14)15-10/h1-6H,(H2,14,15,16). The van der Waals surface area contributed by atoms with Crippen LogP contribution in [-0.4, -0.2) is 9.97 Å². The van der Waals surface area contributed by atoms with Crippen LogP contribution in [-0.2, 0) is 0 Å². The van der Waals surface area contributed by atoms with Crippen LogP contribution in [0, 0.1) is 0 Å². The van der Waals surface area contributed by atoms with Crippen LogP contribution in [0.4, 0.5) is 5.95 Å². The lowest BCUT2D eigenvalue weighted by molar-refractivity contribution is 0.466. The van der Waals surface area contributed by atoms with E-state index in [9.17, 15) is 0 Å². The highest BCUT2D eigenvalue weighted by molar-refractivity contribution is 9.10. The second-order valence-corrected chi connectivity index (χ2v) is 5.31. The lowest BCUT2D eigenvalue weighted by Gasteiger charge is -2.07. The molecular formula is C12H8BrN3OS. The Hall–Kier alpha value is -1.66. The van der Waals surface area contributed by atoms with Crippen LogP contribution in [0.5, 0.6) is 11.6 Å². The molecule has 18 heavy (non-hydrogen) atoms. The van der Waals surface area contributed by atoms with Crippen molar-refractivity contribution in [3.8, 4) is 11.6 Å². The van der Waals surface area contributed by atoms with Crippen LogP contribution in [0.2, 0.25) is 0 Å². The maximum Gasteiger partial charge on any atom is 0.232 e. The molecule has 0 fully saturated rings. The molecular weight excluding hydrogens is 314 g/mol. The third-order valence-electron chi connectivity index (χ3n) is 2.35. The number of anilines is 1. The number of halogens is 1. The van der Waals surface area contributed by atoms with E-state index in [-0.39, 0.29) is 5.95 Å². The third-order valence-corrected chi connectivity index (χ3v) is 3.81. The van der Waals surface area contributed by atoms with Gasteiger partial charge in [0.1, 0.15) is 10.6 Å². The fourth-order valence-corrected chi connectivity index (χ4v) is 2.68. The SMILES string of the molecule is Nc1nc(Oc2ccccc2Br)c2ccsc2n1. The van der Waals surface area contributed by atoms with Crippen molar-refractivity contribution in [1.29, 1.82) is 0 Å². The molecule has 0 spiro atoms. The van der Waals surface area contributed by atoms with Crippen molar-refractivity contribution in [1.82, 2.24) is 9.97 Å². The topological polar surface area (TPSA) is 61.0 Å². The highest BCUT2D eigenvalue weighted by atomic mass is 79.9. The Morgan fingerprint density at radius 2 is 2.00 bits per heavy atom. The van der Waals surface area contributed by atoms with Crippen LogP contribution in [0.1, 0.15) is 0 Å². The first-order chi connectivity index (χ1) is 8.74. The quantitative estimate of drug-likeness (QED) is 0.779. The smallest absolute Gasteiger partial charge is 0.232 e. The molecule has 2 N–H and O–H groups in total. The Balaban J connectivity index is 2.10. The second-order valence-electron chi connectivity index (χ2n) is 3.56. The summed E-state index contributed by atoms with van der Waals surface area (Å²) in [6.07, 6.45) is 0. The highest BCUT2D eigenvalue weighted by Gasteiger charge is 2.10. The number of hydrogen-bond donors (Lipinski definition) is 1. The molecule has 0 aliphatic heterocycles. The van der Waals surface area contributed by atoms with E-state index in [1.165, 1.54) is 11.3 Å². The molecule has 1 aromatic carbocycles. The number of para-hydroxylation sites is 1. The number of hydrogen-bond acceptors (Lipinski definition) is 5. The van der Waals surface area contributed by atoms with Crippen LogP contribution < -0.4 is 10.5 Å². The lowest BCUT2D eigenvalue weighted by atomic mass is 10.3. The zero-order valence-corrected chi connectivity index (χ0v) is 11.5. The van der Waals surface area contributed by atoms with Crippen molar-refractivity contribution >= 4 is 43.4 Å². The molecule has 3 aromatic rings. The van der Waals surface area contributed by atoms with Gasteiger partial charge in [0, 0.05) is 0 Å². The molecule has 0 radical (unpaired) electrons. The predicted molar refractivity (Wildman–Crippen MR) is 76.0 cm³/mol. The highest BCUT2D eigenvalue weighted by Crippen LogP contribution is 2.33. The van der Waals surface area contributed by atoms with E-state index in [2.05, 4.69) is 25.9 Å². The van der Waals surface area contributed by atoms with Gasteiger partial charge in [-0.3, -0.25) is 0 Å². The zero-order valence-electron chi connectivity index (χ0n) is 9.13. The van der Waals surface area contributed by atoms with Crippen molar-refractivity contribution in [2.75, 3.05) is 5.73 Å². The van der Waals surface area contributed by atoms with E-state index in [0.717, 1.165) is 14.7 Å². The second kappa shape index (κ2) is 4.55. The molecule has 0 aliphatic carbocycles. The van der Waals surface area contributed by atoms with Crippen LogP contribution in [0.3, 0.4) is 0 Å². The number of benzene rings is 1. The molecule has 2 heterocycles. The van der Waals surface area contributed by atoms with E-state index in [1.807, 2.05) is 35.7 Å². The van der Waals surface area contributed by atoms with Crippen LogP contribution in [0.15, 0.2) is 40.2 Å². The summed E-state index contributed by atoms with van der Waals surface area (Å²) in [7, 11) is 0. The average Bonchev–Trinajstić information content (AvgIpc) is 2.80. The van der Waals surface area contributed by atoms with E-state index >= 15 is 0 Å². The number of nitrogen functional groups attached to an aromatic ring is 1. The Morgan fingerprint density at radius 1 is 1.17 bits per heavy atom. The number of nitrogens with zero attached hydrogens (tertiary/aromatic N) is 2. The molecule has 0 bridgehead atoms. The Kier molecular flexibility index (Phi) is 2.89. The first-order valence-electron chi connectivity index (χ1n) is 5.17. The molecule has 0 amide bonds. The van der Waals surface area contributed by atoms with Gasteiger partial charge < -0.3 is 10.5 Å². The van der Waals surface area contributed by atoms with Gasteiger partial charge in [0.15, 0.2) is 0 Å². The predicted octanol–water partition coefficient (Wildman–Crippen LogP) is 3.83. The van der Waals surface area contributed by atoms with E-state index in [4.69, 9.17) is 10.5 Å². The Bertz CT molecular complexity index is 713. The summed E-state index contributed by atoms with van der Waals surface area (Å²) in [5.74, 6) is 1.39. The molecule has 0 aliphatic rings. The van der Waals surface area contributed by atoms with E-state index in [0.29, 0.717) is 11.6 Å². The summed E-state index contributed by atoms with van der Waals surface area (Å²) in [5, 5.41) is 2.80. The summed E-state index contributed by atoms with van der Waals surface area (Å²) >= 11 is 4.94. The maximum atomic E-state index is 5.79. The van der Waals surface area contributed by atoms with Gasteiger partial charge in [-0.1, -0.05) is 12.1 Å². The Morgan fingerprint density at radius 3 is 2.83 bits per heavy atom. The Labute approximate surface area is 116 Å². The lowest BCUT2D eigenvalue weighted by Crippen LogP contribution is -1.97. The molecule has 0 unspecified atom stereocenters. The molecule has 3 rings (SSSR count). The number of ether oxygens (including phenoxy) is 1. The molecule has 0 saturated heterocycles. The zero-order chi connectivity index (χ0) is 12.5. The van der Waals surface area contributed by atoms with Gasteiger partial charge in [0.05, 0.1) is 9.86 Å². The number of aromatic nitrogens is 2. The molecule has 0 atom stereocenters. The van der Waals surface area contributed by atoms with Crippen LogP contribution in [0.25, 0.3) is 10.2 Å². The third kappa shape index (κ3) is 2.04. The number of fused-ring (bicyclic) bond motifs is 1. The summed E-state index contributed by atoms with van der Waals surface area (Å²) in [5.41, 5.74) is 5.67. The fourth-order valence-electron chi connectivity index (χ4n) is 1.55. The average molecular weight is 322 g/mol. The minimum atomic E-state index is 0.215. The molecule has 2 aromatic heterocycles. The van der Waals surface area contributed by atoms with Gasteiger partial charge in [0.25, 0.3) is 0 Å². The van der Waals surface area contributed by atoms with Gasteiger partial charge in [-0.25, -0.2) is 4.98 Å². The van der Waals surface area contributed by atoms with Gasteiger partial charge in [-0.05, 0) is 39.5 Å². The minimum Gasteiger partial charge on any atom is -0.437 e. The summed E-state index contributed by atoms with van der Waals surface area (Å²) in [6.45, 7) is 0. The maximum absolute atomic E-state index is 5.79. The first-order valence-corrected chi connectivity index (χ1v) is 6.84. The summed E-state index contributed by atoms with van der Waals surface area (Å²) in [6, 6.07) is 9.51. The molecule has 6 heteroatoms. The van der Waals surface area contributed by atoms with E-state index in [1.54, 1.807) is 0 Å². The van der Waals surface area contributed by atoms with Crippen molar-refractivity contribution in [2.24, 2.45) is 0 Å². The molecule has 90 valence electrons. The van der Waals surface area contributed by atoms with Crippen molar-refractivity contribution in [3.05, 3.63) is 40.2 Å². The van der Waals surface area contributed by atoms with Gasteiger partial charge >= 0.3 is 0 Å². The van der Waals surface area contributed by atoms with Crippen molar-refractivity contribution in [3.63, 3.8) is 0 Å². The largest absolute Gasteiger partial charge is 0.437 e. The minimum absolute atomic E-state index is 0.215. The monoisotopic (exact) mass is 321 g/mol.